The van der Waals surface area contributed by atoms with Gasteiger partial charge >= 0.3 is 0 Å². The molecule has 0 atom stereocenters. The van der Waals surface area contributed by atoms with Crippen LogP contribution in [-0.2, 0) is 6.54 Å². The zero-order valence-electron chi connectivity index (χ0n) is 22.5. The van der Waals surface area contributed by atoms with Crippen LogP contribution in [0.1, 0.15) is 48.2 Å². The number of amides is 1. The van der Waals surface area contributed by atoms with E-state index in [0.29, 0.717) is 18.8 Å². The van der Waals surface area contributed by atoms with Gasteiger partial charge in [-0.15, -0.1) is 0 Å². The van der Waals surface area contributed by atoms with Crippen molar-refractivity contribution in [2.75, 3.05) is 45.3 Å². The molecule has 1 aliphatic rings. The maximum absolute atomic E-state index is 12.8. The van der Waals surface area contributed by atoms with Crippen molar-refractivity contribution in [2.24, 2.45) is 0 Å². The van der Waals surface area contributed by atoms with Gasteiger partial charge in [0.1, 0.15) is 23.0 Å². The SMILES string of the molecule is CCOc1cc(CN2CCC(NC(=O)c3cnc(N(C)C)c(C)c3)CC2)cc(OCC)c1-n1ccnc1. The molecule has 0 aliphatic carbocycles. The molecule has 1 aromatic carbocycles. The molecular weight excluding hydrogens is 468 g/mol. The van der Waals surface area contributed by atoms with Gasteiger partial charge in [-0.25, -0.2) is 9.97 Å². The number of nitrogens with zero attached hydrogens (tertiary/aromatic N) is 5. The number of carbonyl (C=O) groups is 1. The largest absolute Gasteiger partial charge is 0.492 e. The van der Waals surface area contributed by atoms with Crippen LogP contribution in [0, 0.1) is 6.92 Å². The van der Waals surface area contributed by atoms with E-state index in [2.05, 4.69) is 32.3 Å². The van der Waals surface area contributed by atoms with Crippen molar-refractivity contribution in [1.29, 1.82) is 0 Å². The van der Waals surface area contributed by atoms with Gasteiger partial charge in [0.2, 0.25) is 0 Å². The number of likely N-dealkylation sites (tertiary alicyclic amines) is 1. The number of anilines is 1. The summed E-state index contributed by atoms with van der Waals surface area (Å²) >= 11 is 0. The van der Waals surface area contributed by atoms with E-state index in [1.165, 1.54) is 0 Å². The van der Waals surface area contributed by atoms with E-state index in [1.54, 1.807) is 18.7 Å². The number of carbonyl (C=O) groups excluding carboxylic acids is 1. The fraction of sp³-hybridized carbons (Fsp3) is 0.464. The van der Waals surface area contributed by atoms with Crippen LogP contribution in [0.5, 0.6) is 11.5 Å². The lowest BCUT2D eigenvalue weighted by atomic mass is 10.0. The second-order valence-corrected chi connectivity index (χ2v) is 9.56. The fourth-order valence-electron chi connectivity index (χ4n) is 4.83. The molecule has 1 amide bonds. The summed E-state index contributed by atoms with van der Waals surface area (Å²) in [5, 5.41) is 3.20. The zero-order valence-corrected chi connectivity index (χ0v) is 22.5. The monoisotopic (exact) mass is 506 g/mol. The maximum Gasteiger partial charge on any atom is 0.253 e. The third kappa shape index (κ3) is 6.40. The Balaban J connectivity index is 1.39. The Kier molecular flexibility index (Phi) is 8.66. The third-order valence-corrected chi connectivity index (χ3v) is 6.53. The Labute approximate surface area is 219 Å². The number of benzene rings is 1. The van der Waals surface area contributed by atoms with Gasteiger partial charge in [0, 0.05) is 58.4 Å². The minimum absolute atomic E-state index is 0.0582. The first-order chi connectivity index (χ1) is 17.9. The highest BCUT2D eigenvalue weighted by atomic mass is 16.5. The molecule has 9 heteroatoms. The fourth-order valence-corrected chi connectivity index (χ4v) is 4.83. The number of hydrogen-bond acceptors (Lipinski definition) is 7. The van der Waals surface area contributed by atoms with Crippen LogP contribution in [0.25, 0.3) is 5.69 Å². The van der Waals surface area contributed by atoms with E-state index in [9.17, 15) is 4.79 Å². The van der Waals surface area contributed by atoms with E-state index in [4.69, 9.17) is 9.47 Å². The number of aryl methyl sites for hydroxylation is 1. The molecule has 2 aromatic heterocycles. The molecular formula is C28H38N6O3. The lowest BCUT2D eigenvalue weighted by molar-refractivity contribution is 0.0908. The average Bonchev–Trinajstić information content (AvgIpc) is 3.40. The number of hydrogen-bond donors (Lipinski definition) is 1. The number of piperidine rings is 1. The quantitative estimate of drug-likeness (QED) is 0.447. The van der Waals surface area contributed by atoms with Crippen LogP contribution >= 0.6 is 0 Å². The number of ether oxygens (including phenoxy) is 2. The molecule has 0 unspecified atom stereocenters. The van der Waals surface area contributed by atoms with Gasteiger partial charge in [-0.1, -0.05) is 0 Å². The molecule has 0 radical (unpaired) electrons. The van der Waals surface area contributed by atoms with Gasteiger partial charge in [0.15, 0.2) is 0 Å². The molecule has 1 N–H and O–H groups in total. The third-order valence-electron chi connectivity index (χ3n) is 6.53. The van der Waals surface area contributed by atoms with E-state index >= 15 is 0 Å². The molecule has 0 spiro atoms. The van der Waals surface area contributed by atoms with Crippen molar-refractivity contribution in [1.82, 2.24) is 24.8 Å². The van der Waals surface area contributed by atoms with Crippen molar-refractivity contribution in [3.05, 3.63) is 59.8 Å². The maximum atomic E-state index is 12.8. The lowest BCUT2D eigenvalue weighted by Crippen LogP contribution is -2.44. The Morgan fingerprint density at radius 2 is 1.78 bits per heavy atom. The molecule has 0 saturated carbocycles. The second kappa shape index (κ2) is 12.1. The minimum Gasteiger partial charge on any atom is -0.492 e. The average molecular weight is 507 g/mol. The molecule has 37 heavy (non-hydrogen) atoms. The molecule has 3 aromatic rings. The van der Waals surface area contributed by atoms with Crippen LogP contribution in [0.4, 0.5) is 5.82 Å². The Hall–Kier alpha value is -3.59. The zero-order chi connectivity index (χ0) is 26.4. The molecule has 1 saturated heterocycles. The van der Waals surface area contributed by atoms with Crippen molar-refractivity contribution in [3.63, 3.8) is 0 Å². The van der Waals surface area contributed by atoms with E-state index in [0.717, 1.165) is 66.6 Å². The molecule has 3 heterocycles. The van der Waals surface area contributed by atoms with Crippen LogP contribution in [-0.4, -0.2) is 71.8 Å². The van der Waals surface area contributed by atoms with Gasteiger partial charge in [-0.2, -0.15) is 0 Å². The number of aromatic nitrogens is 3. The predicted molar refractivity (Wildman–Crippen MR) is 145 cm³/mol. The summed E-state index contributed by atoms with van der Waals surface area (Å²) in [6, 6.07) is 6.26. The first kappa shape index (κ1) is 26.5. The van der Waals surface area contributed by atoms with Crippen molar-refractivity contribution < 1.29 is 14.3 Å². The number of nitrogens with one attached hydrogen (secondary N) is 1. The highest BCUT2D eigenvalue weighted by Crippen LogP contribution is 2.35. The van der Waals surface area contributed by atoms with Crippen LogP contribution in [0.15, 0.2) is 43.1 Å². The first-order valence-electron chi connectivity index (χ1n) is 13.0. The van der Waals surface area contributed by atoms with E-state index in [-0.39, 0.29) is 11.9 Å². The van der Waals surface area contributed by atoms with Gasteiger partial charge < -0.3 is 19.7 Å². The Morgan fingerprint density at radius 1 is 1.11 bits per heavy atom. The highest BCUT2D eigenvalue weighted by Gasteiger charge is 2.23. The molecule has 1 aliphatic heterocycles. The standard InChI is InChI=1S/C28H38N6O3/c1-6-36-24-15-21(16-25(37-7-2)26(24)34-13-10-29-19-34)18-33-11-8-23(9-12-33)31-28(35)22-14-20(3)27(30-17-22)32(4)5/h10,13-17,19,23H,6-9,11-12,18H2,1-5H3,(H,31,35). The first-order valence-corrected chi connectivity index (χ1v) is 13.0. The molecule has 198 valence electrons. The summed E-state index contributed by atoms with van der Waals surface area (Å²) in [6.07, 6.45) is 8.86. The smallest absolute Gasteiger partial charge is 0.253 e. The van der Waals surface area contributed by atoms with Crippen LogP contribution < -0.4 is 19.7 Å². The lowest BCUT2D eigenvalue weighted by Gasteiger charge is -2.32. The van der Waals surface area contributed by atoms with Gasteiger partial charge in [0.25, 0.3) is 5.91 Å². The summed E-state index contributed by atoms with van der Waals surface area (Å²) < 4.78 is 13.9. The summed E-state index contributed by atoms with van der Waals surface area (Å²) in [4.78, 5) is 25.8. The van der Waals surface area contributed by atoms with Crippen molar-refractivity contribution >= 4 is 11.7 Å². The van der Waals surface area contributed by atoms with E-state index < -0.39 is 0 Å². The minimum atomic E-state index is -0.0582. The van der Waals surface area contributed by atoms with E-state index in [1.807, 2.05) is 56.6 Å². The normalized spacial score (nSPS) is 14.4. The number of rotatable bonds is 10. The van der Waals surface area contributed by atoms with Crippen LogP contribution in [0.3, 0.4) is 0 Å². The van der Waals surface area contributed by atoms with Gasteiger partial charge in [0.05, 0.1) is 25.1 Å². The summed E-state index contributed by atoms with van der Waals surface area (Å²) in [5.41, 5.74) is 3.61. The number of pyridine rings is 1. The van der Waals surface area contributed by atoms with Gasteiger partial charge in [-0.3, -0.25) is 14.3 Å². The topological polar surface area (TPSA) is 84.8 Å². The summed E-state index contributed by atoms with van der Waals surface area (Å²) in [6.45, 7) is 9.67. The van der Waals surface area contributed by atoms with Crippen molar-refractivity contribution in [2.45, 2.75) is 46.2 Å². The molecule has 9 nitrogen and oxygen atoms in total. The van der Waals surface area contributed by atoms with Gasteiger partial charge in [-0.05, 0) is 62.9 Å². The number of imidazole rings is 1. The molecule has 4 rings (SSSR count). The van der Waals surface area contributed by atoms with Crippen molar-refractivity contribution in [3.8, 4) is 17.2 Å². The molecule has 0 bridgehead atoms. The van der Waals surface area contributed by atoms with Crippen LogP contribution in [0.2, 0.25) is 0 Å². The summed E-state index contributed by atoms with van der Waals surface area (Å²) in [7, 11) is 3.90. The second-order valence-electron chi connectivity index (χ2n) is 9.56. The predicted octanol–water partition coefficient (Wildman–Crippen LogP) is 3.83. The summed E-state index contributed by atoms with van der Waals surface area (Å²) in [5.74, 6) is 2.39. The Morgan fingerprint density at radius 3 is 2.32 bits per heavy atom. The molecule has 1 fully saturated rings. The highest BCUT2D eigenvalue weighted by molar-refractivity contribution is 5.94. The Bertz CT molecular complexity index is 1160.